The average molecular weight is 467 g/mol. The van der Waals surface area contributed by atoms with Gasteiger partial charge in [-0.25, -0.2) is 4.39 Å². The monoisotopic (exact) mass is 467 g/mol. The van der Waals surface area contributed by atoms with Gasteiger partial charge in [0, 0.05) is 24.2 Å². The van der Waals surface area contributed by atoms with Crippen molar-refractivity contribution in [1.29, 1.82) is 0 Å². The molecule has 1 aliphatic heterocycles. The van der Waals surface area contributed by atoms with Crippen molar-refractivity contribution < 1.29 is 32.6 Å². The van der Waals surface area contributed by atoms with Crippen molar-refractivity contribution in [3.63, 3.8) is 0 Å². The van der Waals surface area contributed by atoms with Crippen LogP contribution in [0.15, 0.2) is 59.0 Å². The molecule has 0 bridgehead atoms. The SMILES string of the molecule is C[C@H]1C2=CNN(c3ccc(F)cc3)C2=CC2=C1[C@@H](C(=O)N(CCO)C[C@@H](O)C(F)(F)F)CC2. The summed E-state index contributed by atoms with van der Waals surface area (Å²) < 4.78 is 51.9. The highest BCUT2D eigenvalue weighted by molar-refractivity contribution is 5.84. The first-order valence-corrected chi connectivity index (χ1v) is 10.7. The van der Waals surface area contributed by atoms with E-state index in [0.717, 1.165) is 33.0 Å². The number of benzene rings is 1. The molecule has 1 amide bonds. The molecule has 0 saturated heterocycles. The Labute approximate surface area is 188 Å². The third-order valence-electron chi connectivity index (χ3n) is 6.41. The van der Waals surface area contributed by atoms with Crippen LogP contribution in [0.4, 0.5) is 23.2 Å². The van der Waals surface area contributed by atoms with Crippen molar-refractivity contribution in [3.05, 3.63) is 64.8 Å². The summed E-state index contributed by atoms with van der Waals surface area (Å²) in [5, 5.41) is 20.6. The van der Waals surface area contributed by atoms with Gasteiger partial charge in [0.2, 0.25) is 5.91 Å². The highest BCUT2D eigenvalue weighted by Gasteiger charge is 2.44. The lowest BCUT2D eigenvalue weighted by Gasteiger charge is -2.32. The van der Waals surface area contributed by atoms with Crippen LogP contribution in [0.25, 0.3) is 0 Å². The van der Waals surface area contributed by atoms with Gasteiger partial charge in [0.1, 0.15) is 5.82 Å². The summed E-state index contributed by atoms with van der Waals surface area (Å²) in [4.78, 5) is 14.1. The fraction of sp³-hybridized carbons (Fsp3) is 0.435. The highest BCUT2D eigenvalue weighted by Crippen LogP contribution is 2.48. The van der Waals surface area contributed by atoms with E-state index < -0.39 is 37.3 Å². The molecular formula is C23H25F4N3O3. The molecule has 3 aliphatic rings. The van der Waals surface area contributed by atoms with Crippen molar-refractivity contribution in [2.24, 2.45) is 11.8 Å². The van der Waals surface area contributed by atoms with Crippen molar-refractivity contribution in [2.45, 2.75) is 32.0 Å². The number of hydrazine groups is 1. The molecule has 33 heavy (non-hydrogen) atoms. The Bertz CT molecular complexity index is 1020. The molecule has 0 fully saturated rings. The van der Waals surface area contributed by atoms with E-state index in [4.69, 9.17) is 0 Å². The van der Waals surface area contributed by atoms with Gasteiger partial charge in [0.15, 0.2) is 6.10 Å². The number of amides is 1. The smallest absolute Gasteiger partial charge is 0.395 e. The number of carbonyl (C=O) groups is 1. The number of hydrogen-bond donors (Lipinski definition) is 3. The van der Waals surface area contributed by atoms with Crippen LogP contribution >= 0.6 is 0 Å². The molecule has 3 atom stereocenters. The molecule has 0 radical (unpaired) electrons. The third kappa shape index (κ3) is 4.37. The number of nitrogens with zero attached hydrogens (tertiary/aromatic N) is 2. The molecule has 6 nitrogen and oxygen atoms in total. The molecule has 1 aromatic rings. The highest BCUT2D eigenvalue weighted by atomic mass is 19.4. The number of anilines is 1. The Hall–Kier alpha value is -2.85. The van der Waals surface area contributed by atoms with E-state index in [0.29, 0.717) is 12.8 Å². The van der Waals surface area contributed by atoms with Gasteiger partial charge in [0.25, 0.3) is 0 Å². The number of aliphatic hydroxyl groups excluding tert-OH is 2. The lowest BCUT2D eigenvalue weighted by Crippen LogP contribution is -2.47. The Morgan fingerprint density at radius 1 is 1.30 bits per heavy atom. The summed E-state index contributed by atoms with van der Waals surface area (Å²) in [5.41, 5.74) is 7.48. The molecule has 0 spiro atoms. The van der Waals surface area contributed by atoms with E-state index in [1.807, 2.05) is 24.2 Å². The number of hydrogen-bond acceptors (Lipinski definition) is 5. The zero-order valence-corrected chi connectivity index (χ0v) is 17.9. The minimum atomic E-state index is -4.85. The lowest BCUT2D eigenvalue weighted by molar-refractivity contribution is -0.208. The first kappa shape index (κ1) is 23.3. The summed E-state index contributed by atoms with van der Waals surface area (Å²) in [6.45, 7) is 0.232. The Morgan fingerprint density at radius 2 is 2.00 bits per heavy atom. The molecule has 178 valence electrons. The maximum absolute atomic E-state index is 13.3. The van der Waals surface area contributed by atoms with Crippen LogP contribution in [-0.4, -0.2) is 53.0 Å². The molecular weight excluding hydrogens is 442 g/mol. The second-order valence-corrected chi connectivity index (χ2v) is 8.43. The number of fused-ring (bicyclic) bond motifs is 1. The summed E-state index contributed by atoms with van der Waals surface area (Å²) in [7, 11) is 0. The predicted octanol–water partition coefficient (Wildman–Crippen LogP) is 3.02. The van der Waals surface area contributed by atoms with E-state index in [2.05, 4.69) is 5.43 Å². The van der Waals surface area contributed by atoms with Crippen LogP contribution in [0.3, 0.4) is 0 Å². The van der Waals surface area contributed by atoms with Gasteiger partial charge >= 0.3 is 6.18 Å². The Morgan fingerprint density at radius 3 is 2.64 bits per heavy atom. The molecule has 0 unspecified atom stereocenters. The number of rotatable bonds is 6. The molecule has 10 heteroatoms. The molecule has 4 rings (SSSR count). The quantitative estimate of drug-likeness (QED) is 0.561. The van der Waals surface area contributed by atoms with Crippen molar-refractivity contribution in [1.82, 2.24) is 10.3 Å². The summed E-state index contributed by atoms with van der Waals surface area (Å²) in [6.07, 6.45) is -2.74. The fourth-order valence-corrected chi connectivity index (χ4v) is 4.80. The largest absolute Gasteiger partial charge is 0.416 e. The second-order valence-electron chi connectivity index (χ2n) is 8.43. The number of halogens is 4. The molecule has 1 heterocycles. The number of carbonyl (C=O) groups excluding carboxylic acids is 1. The molecule has 1 aromatic carbocycles. The predicted molar refractivity (Wildman–Crippen MR) is 113 cm³/mol. The van der Waals surface area contributed by atoms with Crippen LogP contribution in [0.1, 0.15) is 19.8 Å². The third-order valence-corrected chi connectivity index (χ3v) is 6.41. The van der Waals surface area contributed by atoms with E-state index >= 15 is 0 Å². The Kier molecular flexibility index (Phi) is 6.24. The zero-order valence-electron chi connectivity index (χ0n) is 17.9. The van der Waals surface area contributed by atoms with E-state index in [9.17, 15) is 32.6 Å². The van der Waals surface area contributed by atoms with Gasteiger partial charge in [-0.2, -0.15) is 13.2 Å². The van der Waals surface area contributed by atoms with Crippen LogP contribution in [0.2, 0.25) is 0 Å². The summed E-state index contributed by atoms with van der Waals surface area (Å²) in [6, 6.07) is 6.02. The number of allylic oxidation sites excluding steroid dienone is 3. The molecule has 3 N–H and O–H groups in total. The van der Waals surface area contributed by atoms with Gasteiger partial charge in [-0.1, -0.05) is 6.92 Å². The molecule has 0 saturated carbocycles. The first-order valence-electron chi connectivity index (χ1n) is 10.7. The fourth-order valence-electron chi connectivity index (χ4n) is 4.80. The van der Waals surface area contributed by atoms with Gasteiger partial charge in [-0.15, -0.1) is 0 Å². The standard InChI is InChI=1S/C23H25F4N3O3/c1-13-18-11-28-30(16-5-3-15(24)4-6-16)19(18)10-14-2-7-17(21(13)14)22(33)29(8-9-31)12-20(32)23(25,26)27/h3-6,10-11,13,17,20,28,31-32H,2,7-9,12H2,1H3/t13-,17-,20+/m0/s1. The number of nitrogens with one attached hydrogen (secondary N) is 1. The van der Waals surface area contributed by atoms with Crippen molar-refractivity contribution in [3.8, 4) is 0 Å². The van der Waals surface area contributed by atoms with E-state index in [1.54, 1.807) is 12.1 Å². The van der Waals surface area contributed by atoms with Gasteiger partial charge in [0.05, 0.1) is 30.5 Å². The topological polar surface area (TPSA) is 76.0 Å². The zero-order chi connectivity index (χ0) is 23.9. The molecule has 2 aliphatic carbocycles. The second kappa shape index (κ2) is 8.83. The lowest BCUT2D eigenvalue weighted by atomic mass is 9.80. The molecule has 0 aromatic heterocycles. The number of alkyl halides is 3. The minimum absolute atomic E-state index is 0.169. The van der Waals surface area contributed by atoms with E-state index in [1.165, 1.54) is 12.1 Å². The first-order chi connectivity index (χ1) is 15.6. The van der Waals surface area contributed by atoms with Gasteiger partial charge in [-0.05, 0) is 54.3 Å². The van der Waals surface area contributed by atoms with Crippen molar-refractivity contribution in [2.75, 3.05) is 24.7 Å². The normalized spacial score (nSPS) is 22.9. The van der Waals surface area contributed by atoms with Crippen LogP contribution < -0.4 is 10.4 Å². The van der Waals surface area contributed by atoms with Gasteiger partial charge in [-0.3, -0.25) is 9.80 Å². The van der Waals surface area contributed by atoms with Crippen LogP contribution in [-0.2, 0) is 4.79 Å². The van der Waals surface area contributed by atoms with Crippen molar-refractivity contribution >= 4 is 11.6 Å². The maximum Gasteiger partial charge on any atom is 0.416 e. The van der Waals surface area contributed by atoms with Gasteiger partial charge < -0.3 is 20.5 Å². The Balaban J connectivity index is 1.60. The van der Waals surface area contributed by atoms with E-state index in [-0.39, 0.29) is 18.3 Å². The van der Waals surface area contributed by atoms with Crippen LogP contribution in [0.5, 0.6) is 0 Å². The summed E-state index contributed by atoms with van der Waals surface area (Å²) in [5.74, 6) is -1.66. The minimum Gasteiger partial charge on any atom is -0.395 e. The summed E-state index contributed by atoms with van der Waals surface area (Å²) >= 11 is 0. The van der Waals surface area contributed by atoms with Crippen LogP contribution in [0, 0.1) is 17.7 Å². The maximum atomic E-state index is 13.3. The average Bonchev–Trinajstić information content (AvgIpc) is 3.38. The number of aliphatic hydroxyl groups is 2.